The smallest absolute Gasteiger partial charge is 0.408 e. The van der Waals surface area contributed by atoms with Crippen molar-refractivity contribution in [1.82, 2.24) is 0 Å². The lowest BCUT2D eigenvalue weighted by atomic mass is 10.0. The fourth-order valence-corrected chi connectivity index (χ4v) is 7.76. The zero-order chi connectivity index (χ0) is 34.7. The van der Waals surface area contributed by atoms with Crippen LogP contribution in [0.5, 0.6) is 17.2 Å². The highest BCUT2D eigenvalue weighted by Gasteiger charge is 2.26. The number of benzene rings is 9. The van der Waals surface area contributed by atoms with Crippen molar-refractivity contribution in [3.8, 4) is 50.6 Å². The van der Waals surface area contributed by atoms with E-state index in [0.29, 0.717) is 17.2 Å². The van der Waals surface area contributed by atoms with Crippen LogP contribution < -0.4 is 13.6 Å². The van der Waals surface area contributed by atoms with E-state index in [1.165, 1.54) is 0 Å². The fraction of sp³-hybridized carbons (Fsp3) is 0. The summed E-state index contributed by atoms with van der Waals surface area (Å²) in [6.07, 6.45) is 0. The molecule has 9 aromatic carbocycles. The highest BCUT2D eigenvalue weighted by Crippen LogP contribution is 2.50. The lowest BCUT2D eigenvalue weighted by Gasteiger charge is -2.23. The number of hydrogen-bond acceptors (Lipinski definition) is 3. The van der Waals surface area contributed by atoms with Gasteiger partial charge in [-0.25, -0.2) is 0 Å². The van der Waals surface area contributed by atoms with E-state index >= 15 is 0 Å². The van der Waals surface area contributed by atoms with Gasteiger partial charge in [0.2, 0.25) is 0 Å². The summed E-state index contributed by atoms with van der Waals surface area (Å²) in [7, 11) is -2.08. The molecule has 0 aliphatic heterocycles. The molecule has 0 aliphatic carbocycles. The van der Waals surface area contributed by atoms with E-state index in [2.05, 4.69) is 127 Å². The molecule has 52 heavy (non-hydrogen) atoms. The second-order valence-electron chi connectivity index (χ2n) is 12.7. The average Bonchev–Trinajstić information content (AvgIpc) is 3.21. The first-order valence-electron chi connectivity index (χ1n) is 17.3. The minimum absolute atomic E-state index is 0.681. The molecule has 248 valence electrons. The van der Waals surface area contributed by atoms with E-state index in [1.807, 2.05) is 72.8 Å². The Morgan fingerprint density at radius 1 is 0.250 bits per heavy atom. The molecule has 9 aromatic rings. The molecule has 0 N–H and O–H groups in total. The summed E-state index contributed by atoms with van der Waals surface area (Å²) in [4.78, 5) is 0. The van der Waals surface area contributed by atoms with Crippen molar-refractivity contribution < 1.29 is 13.6 Å². The topological polar surface area (TPSA) is 27.7 Å². The van der Waals surface area contributed by atoms with Gasteiger partial charge in [-0.15, -0.1) is 0 Å². The Morgan fingerprint density at radius 2 is 0.481 bits per heavy atom. The maximum absolute atomic E-state index is 7.04. The highest BCUT2D eigenvalue weighted by molar-refractivity contribution is 7.43. The molecule has 0 heterocycles. The van der Waals surface area contributed by atoms with Crippen molar-refractivity contribution >= 4 is 40.9 Å². The zero-order valence-electron chi connectivity index (χ0n) is 28.2. The lowest BCUT2D eigenvalue weighted by Crippen LogP contribution is -2.05. The van der Waals surface area contributed by atoms with Crippen LogP contribution in [0.1, 0.15) is 0 Å². The predicted molar refractivity (Wildman–Crippen MR) is 217 cm³/mol. The van der Waals surface area contributed by atoms with Gasteiger partial charge in [-0.1, -0.05) is 164 Å². The third kappa shape index (κ3) is 6.47. The Labute approximate surface area is 304 Å². The largest absolute Gasteiger partial charge is 0.530 e. The van der Waals surface area contributed by atoms with Crippen LogP contribution in [0.25, 0.3) is 65.7 Å². The van der Waals surface area contributed by atoms with Gasteiger partial charge in [0.15, 0.2) is 0 Å². The molecule has 9 rings (SSSR count). The van der Waals surface area contributed by atoms with Crippen LogP contribution >= 0.6 is 8.60 Å². The van der Waals surface area contributed by atoms with Gasteiger partial charge in [-0.3, -0.25) is 0 Å². The van der Waals surface area contributed by atoms with Crippen LogP contribution in [-0.2, 0) is 0 Å². The first kappa shape index (κ1) is 31.6. The van der Waals surface area contributed by atoms with Gasteiger partial charge in [0, 0.05) is 16.7 Å². The predicted octanol–water partition coefficient (Wildman–Crippen LogP) is 13.9. The minimum Gasteiger partial charge on any atom is -0.408 e. The SMILES string of the molecule is c1ccc(-c2cc3ccccc3cc2OP(Oc2cc3ccccc3cc2-c2ccccc2)Oc2cc3ccccc3cc2-c2ccccc2)cc1. The van der Waals surface area contributed by atoms with E-state index < -0.39 is 8.60 Å². The molecule has 0 radical (unpaired) electrons. The van der Waals surface area contributed by atoms with E-state index in [0.717, 1.165) is 65.7 Å². The van der Waals surface area contributed by atoms with Crippen LogP contribution in [-0.4, -0.2) is 0 Å². The molecule has 0 unspecified atom stereocenters. The van der Waals surface area contributed by atoms with E-state index in [9.17, 15) is 0 Å². The lowest BCUT2D eigenvalue weighted by molar-refractivity contribution is 0.390. The number of fused-ring (bicyclic) bond motifs is 3. The maximum Gasteiger partial charge on any atom is 0.530 e. The summed E-state index contributed by atoms with van der Waals surface area (Å²) in [5.41, 5.74) is 6.02. The van der Waals surface area contributed by atoms with Gasteiger partial charge in [0.25, 0.3) is 0 Å². The summed E-state index contributed by atoms with van der Waals surface area (Å²) in [6.45, 7) is 0. The minimum atomic E-state index is -2.08. The molecule has 0 bridgehead atoms. The molecule has 3 nitrogen and oxygen atoms in total. The van der Waals surface area contributed by atoms with Gasteiger partial charge >= 0.3 is 8.60 Å². The average molecular weight is 689 g/mol. The zero-order valence-corrected chi connectivity index (χ0v) is 29.1. The van der Waals surface area contributed by atoms with Gasteiger partial charge in [-0.05, 0) is 85.4 Å². The van der Waals surface area contributed by atoms with Gasteiger partial charge < -0.3 is 13.6 Å². The summed E-state index contributed by atoms with van der Waals surface area (Å²) < 4.78 is 21.1. The third-order valence-electron chi connectivity index (χ3n) is 9.32. The molecule has 0 aromatic heterocycles. The van der Waals surface area contributed by atoms with Crippen molar-refractivity contribution in [3.63, 3.8) is 0 Å². The summed E-state index contributed by atoms with van der Waals surface area (Å²) in [5.74, 6) is 2.04. The van der Waals surface area contributed by atoms with E-state index in [4.69, 9.17) is 13.6 Å². The van der Waals surface area contributed by atoms with Crippen LogP contribution in [0, 0.1) is 0 Å². The van der Waals surface area contributed by atoms with E-state index in [-0.39, 0.29) is 0 Å². The summed E-state index contributed by atoms with van der Waals surface area (Å²) in [5, 5.41) is 6.58. The van der Waals surface area contributed by atoms with Crippen LogP contribution in [0.2, 0.25) is 0 Å². The third-order valence-corrected chi connectivity index (χ3v) is 10.4. The first-order chi connectivity index (χ1) is 25.7. The summed E-state index contributed by atoms with van der Waals surface area (Å²) in [6, 6.07) is 68.9. The van der Waals surface area contributed by atoms with Crippen LogP contribution in [0.15, 0.2) is 200 Å². The Morgan fingerprint density at radius 3 is 0.750 bits per heavy atom. The first-order valence-corrected chi connectivity index (χ1v) is 18.4. The normalized spacial score (nSPS) is 11.2. The van der Waals surface area contributed by atoms with Crippen LogP contribution in [0.4, 0.5) is 0 Å². The molecule has 0 amide bonds. The molecule has 0 spiro atoms. The second-order valence-corrected chi connectivity index (χ2v) is 13.7. The van der Waals surface area contributed by atoms with Crippen molar-refractivity contribution in [1.29, 1.82) is 0 Å². The monoisotopic (exact) mass is 688 g/mol. The van der Waals surface area contributed by atoms with Crippen molar-refractivity contribution in [2.45, 2.75) is 0 Å². The molecule has 0 atom stereocenters. The van der Waals surface area contributed by atoms with Crippen molar-refractivity contribution in [2.75, 3.05) is 0 Å². The van der Waals surface area contributed by atoms with Crippen LogP contribution in [0.3, 0.4) is 0 Å². The van der Waals surface area contributed by atoms with Crippen molar-refractivity contribution in [2.24, 2.45) is 0 Å². The Kier molecular flexibility index (Phi) is 8.54. The van der Waals surface area contributed by atoms with Crippen molar-refractivity contribution in [3.05, 3.63) is 200 Å². The number of rotatable bonds is 9. The second kappa shape index (κ2) is 14.1. The quantitative estimate of drug-likeness (QED) is 0.141. The molecular formula is C48H33O3P. The van der Waals surface area contributed by atoms with Gasteiger partial charge in [0.05, 0.1) is 0 Å². The Hall–Kier alpha value is -6.41. The molecule has 0 fully saturated rings. The van der Waals surface area contributed by atoms with Gasteiger partial charge in [-0.2, -0.15) is 0 Å². The molecule has 0 saturated carbocycles. The summed E-state index contributed by atoms with van der Waals surface area (Å²) >= 11 is 0. The van der Waals surface area contributed by atoms with E-state index in [1.54, 1.807) is 0 Å². The molecule has 0 saturated heterocycles. The Bertz CT molecular complexity index is 2360. The molecular weight excluding hydrogens is 655 g/mol. The Balaban J connectivity index is 1.23. The maximum atomic E-state index is 7.04. The standard InChI is InChI=1S/C48H33O3P/c1-4-16-34(17-5-1)43-28-37-22-10-13-25-40(37)31-46(43)49-52(50-47-32-41-26-14-11-23-38(41)29-44(47)35-18-6-2-7-19-35)51-48-33-42-27-15-12-24-39(42)30-45(48)36-20-8-3-9-21-36/h1-33H. The highest BCUT2D eigenvalue weighted by atomic mass is 31.2. The molecule has 4 heteroatoms. The van der Waals surface area contributed by atoms with Gasteiger partial charge in [0.1, 0.15) is 17.2 Å². The fourth-order valence-electron chi connectivity index (χ4n) is 6.71. The number of hydrogen-bond donors (Lipinski definition) is 0. The molecule has 0 aliphatic rings.